The van der Waals surface area contributed by atoms with Gasteiger partial charge in [-0.2, -0.15) is 5.26 Å². The van der Waals surface area contributed by atoms with Crippen molar-refractivity contribution in [1.29, 1.82) is 5.26 Å². The lowest BCUT2D eigenvalue weighted by molar-refractivity contribution is 0.465. The Morgan fingerprint density at radius 2 is 1.85 bits per heavy atom. The van der Waals surface area contributed by atoms with Crippen molar-refractivity contribution in [1.82, 2.24) is 4.98 Å². The van der Waals surface area contributed by atoms with E-state index >= 15 is 0 Å². The van der Waals surface area contributed by atoms with E-state index in [0.29, 0.717) is 11.3 Å². The summed E-state index contributed by atoms with van der Waals surface area (Å²) < 4.78 is 33.3. The quantitative estimate of drug-likeness (QED) is 0.537. The number of hydrogen-bond donors (Lipinski definition) is 1. The minimum atomic E-state index is -3.98. The van der Waals surface area contributed by atoms with Crippen molar-refractivity contribution in [3.05, 3.63) is 62.5 Å². The van der Waals surface area contributed by atoms with Crippen LogP contribution in [0.5, 0.6) is 11.6 Å². The van der Waals surface area contributed by atoms with Gasteiger partial charge in [0.2, 0.25) is 5.88 Å². The Morgan fingerprint density at radius 1 is 1.15 bits per heavy atom. The molecule has 3 aromatic rings. The summed E-state index contributed by atoms with van der Waals surface area (Å²) in [6.07, 6.45) is 1.32. The Labute approximate surface area is 173 Å². The zero-order valence-corrected chi connectivity index (χ0v) is 17.0. The van der Waals surface area contributed by atoms with E-state index in [0.717, 1.165) is 11.3 Å². The highest BCUT2D eigenvalue weighted by Gasteiger charge is 2.22. The second-order valence-electron chi connectivity index (χ2n) is 5.04. The highest BCUT2D eigenvalue weighted by atomic mass is 35.5. The van der Waals surface area contributed by atoms with Crippen LogP contribution in [0.4, 0.5) is 5.69 Å². The summed E-state index contributed by atoms with van der Waals surface area (Å²) in [7, 11) is -3.98. The summed E-state index contributed by atoms with van der Waals surface area (Å²) >= 11 is 18.4. The van der Waals surface area contributed by atoms with Gasteiger partial charge >= 0.3 is 0 Å². The normalized spacial score (nSPS) is 11.0. The molecule has 0 spiro atoms. The Hall–Kier alpha value is -2.02. The van der Waals surface area contributed by atoms with Crippen molar-refractivity contribution in [3.8, 4) is 17.7 Å². The van der Waals surface area contributed by atoms with Gasteiger partial charge in [-0.05, 0) is 36.4 Å². The SMILES string of the molecule is N#Cc1ccc(Oc2ncc(Cl)cc2NS(=O)(=O)c2cc(Cl)c(Cl)s2)cc1. The fourth-order valence-electron chi connectivity index (χ4n) is 1.94. The molecule has 2 aromatic heterocycles. The molecule has 0 amide bonds. The van der Waals surface area contributed by atoms with Crippen molar-refractivity contribution in [2.45, 2.75) is 4.21 Å². The first-order valence-corrected chi connectivity index (χ1v) is 10.5. The number of anilines is 1. The van der Waals surface area contributed by atoms with Crippen LogP contribution in [0.1, 0.15) is 5.56 Å². The fourth-order valence-corrected chi connectivity index (χ4v) is 5.03. The first-order chi connectivity index (χ1) is 12.8. The Balaban J connectivity index is 1.93. The third-order valence-corrected chi connectivity index (χ3v) is 7.06. The van der Waals surface area contributed by atoms with E-state index < -0.39 is 10.0 Å². The van der Waals surface area contributed by atoms with E-state index in [1.165, 1.54) is 18.3 Å². The number of halogens is 3. The van der Waals surface area contributed by atoms with Gasteiger partial charge in [-0.1, -0.05) is 34.8 Å². The van der Waals surface area contributed by atoms with Gasteiger partial charge in [0, 0.05) is 6.20 Å². The molecule has 3 rings (SSSR count). The lowest BCUT2D eigenvalue weighted by Crippen LogP contribution is -2.12. The second kappa shape index (κ2) is 7.92. The van der Waals surface area contributed by atoms with Crippen LogP contribution in [0.3, 0.4) is 0 Å². The molecule has 6 nitrogen and oxygen atoms in total. The molecule has 0 fully saturated rings. The molecule has 0 saturated carbocycles. The maximum absolute atomic E-state index is 12.6. The molecule has 27 heavy (non-hydrogen) atoms. The average Bonchev–Trinajstić information content (AvgIpc) is 2.97. The summed E-state index contributed by atoms with van der Waals surface area (Å²) in [6.45, 7) is 0. The van der Waals surface area contributed by atoms with Crippen LogP contribution in [0.2, 0.25) is 14.4 Å². The van der Waals surface area contributed by atoms with E-state index in [1.54, 1.807) is 24.3 Å². The standard InChI is InChI=1S/C16H8Cl3N3O3S2/c17-10-5-13(22-27(23,24)14-6-12(18)15(19)26-14)16(21-8-10)25-11-3-1-9(7-20)2-4-11/h1-6,8,22H. The molecular weight excluding hydrogens is 453 g/mol. The molecule has 0 radical (unpaired) electrons. The number of benzene rings is 1. The Kier molecular flexibility index (Phi) is 5.79. The third kappa shape index (κ3) is 4.64. The van der Waals surface area contributed by atoms with Gasteiger partial charge in [-0.15, -0.1) is 11.3 Å². The predicted molar refractivity (Wildman–Crippen MR) is 106 cm³/mol. The number of ether oxygens (including phenoxy) is 1. The smallest absolute Gasteiger partial charge is 0.271 e. The van der Waals surface area contributed by atoms with Crippen molar-refractivity contribution >= 4 is 61.9 Å². The number of thiophene rings is 1. The van der Waals surface area contributed by atoms with Gasteiger partial charge < -0.3 is 4.74 Å². The number of nitriles is 1. The molecule has 1 N–H and O–H groups in total. The fraction of sp³-hybridized carbons (Fsp3) is 0. The maximum atomic E-state index is 12.6. The molecule has 138 valence electrons. The summed E-state index contributed by atoms with van der Waals surface area (Å²) in [5.74, 6) is 0.355. The lowest BCUT2D eigenvalue weighted by Gasteiger charge is -2.12. The topological polar surface area (TPSA) is 92.1 Å². The third-order valence-electron chi connectivity index (χ3n) is 3.15. The summed E-state index contributed by atoms with van der Waals surface area (Å²) in [5, 5.41) is 9.19. The van der Waals surface area contributed by atoms with E-state index in [9.17, 15) is 8.42 Å². The minimum absolute atomic E-state index is 0.0126. The molecule has 0 bridgehead atoms. The first-order valence-electron chi connectivity index (χ1n) is 7.10. The minimum Gasteiger partial charge on any atom is -0.437 e. The van der Waals surface area contributed by atoms with Gasteiger partial charge in [-0.25, -0.2) is 13.4 Å². The highest BCUT2D eigenvalue weighted by molar-refractivity contribution is 7.94. The summed E-state index contributed by atoms with van der Waals surface area (Å²) in [4.78, 5) is 4.02. The zero-order valence-electron chi connectivity index (χ0n) is 13.1. The molecule has 0 unspecified atom stereocenters. The molecule has 0 atom stereocenters. The van der Waals surface area contributed by atoms with Gasteiger partial charge in [0.05, 0.1) is 21.7 Å². The molecular formula is C16H8Cl3N3O3S2. The number of nitrogens with one attached hydrogen (secondary N) is 1. The summed E-state index contributed by atoms with van der Waals surface area (Å²) in [6, 6.07) is 10.8. The number of pyridine rings is 1. The largest absolute Gasteiger partial charge is 0.437 e. The highest BCUT2D eigenvalue weighted by Crippen LogP contribution is 2.37. The van der Waals surface area contributed by atoms with Crippen LogP contribution in [0, 0.1) is 11.3 Å². The van der Waals surface area contributed by atoms with E-state index in [2.05, 4.69) is 9.71 Å². The number of rotatable bonds is 5. The van der Waals surface area contributed by atoms with Gasteiger partial charge in [0.1, 0.15) is 20.0 Å². The number of aromatic nitrogens is 1. The monoisotopic (exact) mass is 459 g/mol. The Morgan fingerprint density at radius 3 is 2.44 bits per heavy atom. The second-order valence-corrected chi connectivity index (χ2v) is 9.44. The summed E-state index contributed by atoms with van der Waals surface area (Å²) in [5.41, 5.74) is 0.492. The van der Waals surface area contributed by atoms with Crippen LogP contribution >= 0.6 is 46.1 Å². The Bertz CT molecular complexity index is 1120. The molecule has 0 saturated heterocycles. The molecule has 0 aliphatic rings. The first kappa shape index (κ1) is 19.7. The van der Waals surface area contributed by atoms with Gasteiger partial charge in [0.15, 0.2) is 0 Å². The number of hydrogen-bond acceptors (Lipinski definition) is 6. The van der Waals surface area contributed by atoms with Crippen molar-refractivity contribution in [3.63, 3.8) is 0 Å². The molecule has 0 aliphatic heterocycles. The van der Waals surface area contributed by atoms with Crippen LogP contribution in [-0.4, -0.2) is 13.4 Å². The molecule has 11 heteroatoms. The van der Waals surface area contributed by atoms with Crippen molar-refractivity contribution in [2.24, 2.45) is 0 Å². The van der Waals surface area contributed by atoms with Crippen LogP contribution in [0.15, 0.2) is 46.8 Å². The van der Waals surface area contributed by atoms with Gasteiger partial charge in [0.25, 0.3) is 10.0 Å². The molecule has 1 aromatic carbocycles. The predicted octanol–water partition coefficient (Wildman–Crippen LogP) is 5.57. The van der Waals surface area contributed by atoms with E-state index in [1.807, 2.05) is 6.07 Å². The number of sulfonamides is 1. The average molecular weight is 461 g/mol. The van der Waals surface area contributed by atoms with Crippen LogP contribution < -0.4 is 9.46 Å². The lowest BCUT2D eigenvalue weighted by atomic mass is 10.2. The van der Waals surface area contributed by atoms with Gasteiger partial charge in [-0.3, -0.25) is 4.72 Å². The van der Waals surface area contributed by atoms with Crippen LogP contribution in [0.25, 0.3) is 0 Å². The van der Waals surface area contributed by atoms with Crippen molar-refractivity contribution in [2.75, 3.05) is 4.72 Å². The van der Waals surface area contributed by atoms with Crippen LogP contribution in [-0.2, 0) is 10.0 Å². The van der Waals surface area contributed by atoms with E-state index in [4.69, 9.17) is 44.8 Å². The number of nitrogens with zero attached hydrogens (tertiary/aromatic N) is 2. The maximum Gasteiger partial charge on any atom is 0.271 e. The van der Waals surface area contributed by atoms with E-state index in [-0.39, 0.29) is 30.2 Å². The molecule has 0 aliphatic carbocycles. The molecule has 2 heterocycles. The van der Waals surface area contributed by atoms with Crippen molar-refractivity contribution < 1.29 is 13.2 Å². The zero-order chi connectivity index (χ0) is 19.6.